The third kappa shape index (κ3) is 8.17. The molecular formula is C85H54O2. The van der Waals surface area contributed by atoms with Gasteiger partial charge in [0.15, 0.2) is 0 Å². The largest absolute Gasteiger partial charge is 0.456 e. The molecule has 0 amide bonds. The molecule has 0 radical (unpaired) electrons. The molecule has 0 aliphatic carbocycles. The first-order valence-electron chi connectivity index (χ1n) is 29.9. The van der Waals surface area contributed by atoms with Crippen LogP contribution in [0.5, 0.6) is 0 Å². The van der Waals surface area contributed by atoms with Crippen molar-refractivity contribution in [1.29, 1.82) is 0 Å². The zero-order valence-corrected chi connectivity index (χ0v) is 47.8. The summed E-state index contributed by atoms with van der Waals surface area (Å²) in [6.45, 7) is 6.00. The second-order valence-electron chi connectivity index (χ2n) is 23.0. The Kier molecular flexibility index (Phi) is 11.7. The summed E-state index contributed by atoms with van der Waals surface area (Å²) < 4.78 is 12.6. The predicted molar refractivity (Wildman–Crippen MR) is 371 cm³/mol. The molecule has 15 aromatic carbocycles. The van der Waals surface area contributed by atoms with Crippen molar-refractivity contribution in [2.45, 2.75) is 6.92 Å². The lowest BCUT2D eigenvalue weighted by Gasteiger charge is -2.20. The maximum absolute atomic E-state index is 6.31. The van der Waals surface area contributed by atoms with Crippen molar-refractivity contribution in [3.63, 3.8) is 0 Å². The molecule has 0 aliphatic rings. The summed E-state index contributed by atoms with van der Waals surface area (Å²) in [4.78, 5) is 0. The minimum Gasteiger partial charge on any atom is -0.456 e. The van der Waals surface area contributed by atoms with Crippen LogP contribution in [-0.4, -0.2) is 0 Å². The smallest absolute Gasteiger partial charge is 0.135 e. The van der Waals surface area contributed by atoms with Crippen LogP contribution in [0.15, 0.2) is 307 Å². The summed E-state index contributed by atoms with van der Waals surface area (Å²) >= 11 is 0. The quantitative estimate of drug-likeness (QED) is 0.106. The van der Waals surface area contributed by atoms with Crippen LogP contribution in [0, 0.1) is 6.92 Å². The molecule has 2 heteroatoms. The maximum Gasteiger partial charge on any atom is 0.135 e. The van der Waals surface area contributed by atoms with Crippen LogP contribution < -0.4 is 0 Å². The Morgan fingerprint density at radius 1 is 0.264 bits per heavy atom. The molecule has 0 atom stereocenters. The minimum absolute atomic E-state index is 0.854. The Labute approximate surface area is 503 Å². The lowest BCUT2D eigenvalue weighted by Crippen LogP contribution is -1.92. The van der Waals surface area contributed by atoms with Gasteiger partial charge in [-0.25, -0.2) is 0 Å². The lowest BCUT2D eigenvalue weighted by molar-refractivity contribution is 0.601. The van der Waals surface area contributed by atoms with Crippen LogP contribution in [-0.2, 0) is 0 Å². The average molecular weight is 1110 g/mol. The maximum atomic E-state index is 6.31. The summed E-state index contributed by atoms with van der Waals surface area (Å²) in [6.07, 6.45) is 5.70. The van der Waals surface area contributed by atoms with E-state index in [-0.39, 0.29) is 0 Å². The molecule has 0 bridgehead atoms. The highest BCUT2D eigenvalue weighted by molar-refractivity contribution is 6.25. The second-order valence-corrected chi connectivity index (χ2v) is 23.0. The third-order valence-electron chi connectivity index (χ3n) is 18.2. The first kappa shape index (κ1) is 50.2. The highest BCUT2D eigenvalue weighted by atomic mass is 16.3. The van der Waals surface area contributed by atoms with Gasteiger partial charge in [-0.2, -0.15) is 0 Å². The van der Waals surface area contributed by atoms with Gasteiger partial charge in [-0.1, -0.05) is 249 Å². The lowest BCUT2D eigenvalue weighted by atomic mass is 9.83. The van der Waals surface area contributed by atoms with Gasteiger partial charge in [0.1, 0.15) is 22.5 Å². The van der Waals surface area contributed by atoms with Gasteiger partial charge in [-0.05, 0) is 204 Å². The van der Waals surface area contributed by atoms with E-state index >= 15 is 0 Å². The van der Waals surface area contributed by atoms with E-state index in [1.165, 1.54) is 137 Å². The SMILES string of the molecule is C=C/C=C\c1oc2ccc(-c3c4ccccc4c(-c4cc(-c5ccc(-c6ccc7cccc(-c8ccc(-c9c%10ccccc%10c(-c%10ccc%11oc%12ccccc%12c%11c%10)c%10ccccc9%10)cc8)c7c6)cc5)cc5ccccc45)c4ccccc34)cc2c1C. The van der Waals surface area contributed by atoms with E-state index in [0.717, 1.165) is 49.8 Å². The van der Waals surface area contributed by atoms with Crippen molar-refractivity contribution in [3.05, 3.63) is 309 Å². The number of rotatable bonds is 9. The molecule has 0 saturated carbocycles. The van der Waals surface area contributed by atoms with Gasteiger partial charge in [0, 0.05) is 21.7 Å². The van der Waals surface area contributed by atoms with E-state index in [4.69, 9.17) is 8.83 Å². The molecule has 0 fully saturated rings. The van der Waals surface area contributed by atoms with Crippen molar-refractivity contribution in [1.82, 2.24) is 0 Å². The fourth-order valence-electron chi connectivity index (χ4n) is 14.1. The van der Waals surface area contributed by atoms with Crippen molar-refractivity contribution >= 4 is 104 Å². The number of benzene rings is 15. The van der Waals surface area contributed by atoms with Gasteiger partial charge >= 0.3 is 0 Å². The minimum atomic E-state index is 0.854. The molecule has 2 heterocycles. The number of hydrogen-bond donors (Lipinski definition) is 0. The molecule has 0 aliphatic heterocycles. The van der Waals surface area contributed by atoms with E-state index in [0.29, 0.717) is 0 Å². The molecule has 2 nitrogen and oxygen atoms in total. The van der Waals surface area contributed by atoms with Gasteiger partial charge in [0.05, 0.1) is 0 Å². The van der Waals surface area contributed by atoms with E-state index in [1.54, 1.807) is 6.08 Å². The zero-order valence-electron chi connectivity index (χ0n) is 47.8. The van der Waals surface area contributed by atoms with Crippen molar-refractivity contribution in [2.24, 2.45) is 0 Å². The number of furan rings is 2. The summed E-state index contributed by atoms with van der Waals surface area (Å²) in [5, 5.41) is 18.0. The summed E-state index contributed by atoms with van der Waals surface area (Å²) in [7, 11) is 0. The number of fused-ring (bicyclic) bond motifs is 10. The average Bonchev–Trinajstić information content (AvgIpc) is 2.86. The Bertz CT molecular complexity index is 5600. The molecule has 406 valence electrons. The van der Waals surface area contributed by atoms with Gasteiger partial charge in [0.25, 0.3) is 0 Å². The Hall–Kier alpha value is -11.3. The first-order valence-corrected chi connectivity index (χ1v) is 29.9. The highest BCUT2D eigenvalue weighted by Crippen LogP contribution is 2.49. The van der Waals surface area contributed by atoms with E-state index in [1.807, 2.05) is 24.3 Å². The van der Waals surface area contributed by atoms with Gasteiger partial charge in [0.2, 0.25) is 0 Å². The predicted octanol–water partition coefficient (Wildman–Crippen LogP) is 24.4. The van der Waals surface area contributed by atoms with Gasteiger partial charge < -0.3 is 8.83 Å². The van der Waals surface area contributed by atoms with Crippen molar-refractivity contribution < 1.29 is 8.83 Å². The van der Waals surface area contributed by atoms with E-state index < -0.39 is 0 Å². The standard InChI is InChI=1S/C85H54O2/c1-3-4-31-78-52(2)74-49-60(43-45-80(74)86-78)83-70-26-11-13-28-72(70)85(73-29-14-12-27-71(73)83)77-51-62(47-59-18-5-6-20-64(59)77)54-35-33-53(34-36-54)58-42-39-55-19-17-30-63(75(55)48-58)56-37-40-57(41-38-56)82-66-22-7-9-24-68(66)84(69-25-10-8-23-67(69)82)61-44-46-81-76(50-61)65-21-15-16-32-79(65)87-81/h3-51H,1H2,2H3/b31-4-. The number of hydrogen-bond acceptors (Lipinski definition) is 2. The van der Waals surface area contributed by atoms with E-state index in [2.05, 4.69) is 280 Å². The van der Waals surface area contributed by atoms with Gasteiger partial charge in [-0.3, -0.25) is 0 Å². The summed E-state index contributed by atoms with van der Waals surface area (Å²) in [5.74, 6) is 0.854. The normalized spacial score (nSPS) is 12.0. The van der Waals surface area contributed by atoms with Crippen LogP contribution in [0.1, 0.15) is 11.3 Å². The first-order chi connectivity index (χ1) is 43.0. The fourth-order valence-corrected chi connectivity index (χ4v) is 14.1. The monoisotopic (exact) mass is 1110 g/mol. The molecule has 17 rings (SSSR count). The fraction of sp³-hybridized carbons (Fsp3) is 0.0118. The zero-order chi connectivity index (χ0) is 57.7. The molecule has 0 spiro atoms. The summed E-state index contributed by atoms with van der Waals surface area (Å²) in [6, 6.07) is 103. The van der Waals surface area contributed by atoms with Gasteiger partial charge in [-0.15, -0.1) is 0 Å². The van der Waals surface area contributed by atoms with Crippen LogP contribution in [0.25, 0.3) is 182 Å². The molecular weight excluding hydrogens is 1050 g/mol. The van der Waals surface area contributed by atoms with E-state index in [9.17, 15) is 0 Å². The van der Waals surface area contributed by atoms with Crippen molar-refractivity contribution in [2.75, 3.05) is 0 Å². The topological polar surface area (TPSA) is 26.3 Å². The number of para-hydroxylation sites is 1. The van der Waals surface area contributed by atoms with Crippen molar-refractivity contribution in [3.8, 4) is 77.9 Å². The van der Waals surface area contributed by atoms with Crippen LogP contribution in [0.2, 0.25) is 0 Å². The van der Waals surface area contributed by atoms with Crippen LogP contribution >= 0.6 is 0 Å². The Balaban J connectivity index is 0.726. The molecule has 17 aromatic rings. The number of aryl methyl sites for hydroxylation is 1. The Morgan fingerprint density at radius 2 is 0.701 bits per heavy atom. The Morgan fingerprint density at radius 3 is 1.31 bits per heavy atom. The molecule has 87 heavy (non-hydrogen) atoms. The molecule has 0 unspecified atom stereocenters. The molecule has 2 aromatic heterocycles. The second kappa shape index (κ2) is 20.2. The summed E-state index contributed by atoms with van der Waals surface area (Å²) in [5.41, 5.74) is 20.6. The third-order valence-corrected chi connectivity index (χ3v) is 18.2. The van der Waals surface area contributed by atoms with Crippen LogP contribution in [0.4, 0.5) is 0 Å². The number of allylic oxidation sites excluding steroid dienone is 2. The highest BCUT2D eigenvalue weighted by Gasteiger charge is 2.22. The molecule has 0 N–H and O–H groups in total. The van der Waals surface area contributed by atoms with Crippen LogP contribution in [0.3, 0.4) is 0 Å². The molecule has 0 saturated heterocycles.